The molecule has 0 radical (unpaired) electrons. The molecule has 1 N–H and O–H groups in total. The van der Waals surface area contributed by atoms with Crippen LogP contribution in [0.15, 0.2) is 18.2 Å². The molecule has 0 bridgehead atoms. The van der Waals surface area contributed by atoms with Gasteiger partial charge in [-0.2, -0.15) is 0 Å². The molecule has 1 aromatic rings. The number of carbonyl (C=O) groups excluding carboxylic acids is 1. The summed E-state index contributed by atoms with van der Waals surface area (Å²) < 4.78 is 0. The molecule has 1 amide bonds. The van der Waals surface area contributed by atoms with E-state index in [4.69, 9.17) is 11.6 Å². The summed E-state index contributed by atoms with van der Waals surface area (Å²) in [4.78, 5) is 14.6. The predicted octanol–water partition coefficient (Wildman–Crippen LogP) is 2.86. The normalized spacial score (nSPS) is 19.6. The van der Waals surface area contributed by atoms with Crippen LogP contribution in [0.4, 0.5) is 0 Å². The van der Waals surface area contributed by atoms with Crippen molar-refractivity contribution >= 4 is 17.5 Å². The summed E-state index contributed by atoms with van der Waals surface area (Å²) in [5.41, 5.74) is 1.52. The summed E-state index contributed by atoms with van der Waals surface area (Å²) in [6.45, 7) is 6.97. The summed E-state index contributed by atoms with van der Waals surface area (Å²) in [6, 6.07) is 5.93. The minimum atomic E-state index is -0.0250. The first-order valence-electron chi connectivity index (χ1n) is 6.90. The molecule has 1 fully saturated rings. The van der Waals surface area contributed by atoms with Gasteiger partial charge in [0.05, 0.1) is 0 Å². The van der Waals surface area contributed by atoms with Gasteiger partial charge >= 0.3 is 0 Å². The molecule has 1 saturated heterocycles. The van der Waals surface area contributed by atoms with E-state index in [0.717, 1.165) is 25.2 Å². The second-order valence-corrected chi connectivity index (χ2v) is 5.45. The molecule has 1 heterocycles. The van der Waals surface area contributed by atoms with Crippen LogP contribution in [0.3, 0.4) is 0 Å². The Labute approximate surface area is 119 Å². The number of nitrogens with one attached hydrogen (secondary N) is 1. The fourth-order valence-electron chi connectivity index (χ4n) is 2.70. The third-order valence-electron chi connectivity index (χ3n) is 3.92. The summed E-state index contributed by atoms with van der Waals surface area (Å²) in [5, 5.41) is 3.68. The van der Waals surface area contributed by atoms with E-state index in [1.54, 1.807) is 0 Å². The maximum Gasteiger partial charge on any atom is 0.251 e. The van der Waals surface area contributed by atoms with Crippen molar-refractivity contribution in [2.45, 2.75) is 32.7 Å². The minimum Gasteiger partial charge on any atom is -0.350 e. The summed E-state index contributed by atoms with van der Waals surface area (Å²) in [7, 11) is 0. The smallest absolute Gasteiger partial charge is 0.251 e. The minimum absolute atomic E-state index is 0.0250. The zero-order valence-electron chi connectivity index (χ0n) is 11.6. The number of likely N-dealkylation sites (N-methyl/N-ethyl adjacent to an activating group) is 1. The number of amides is 1. The number of likely N-dealkylation sites (tertiary alicyclic amines) is 1. The first kappa shape index (κ1) is 14.4. The quantitative estimate of drug-likeness (QED) is 0.920. The van der Waals surface area contributed by atoms with Gasteiger partial charge in [0.15, 0.2) is 0 Å². The van der Waals surface area contributed by atoms with Crippen molar-refractivity contribution in [3.05, 3.63) is 34.3 Å². The molecule has 19 heavy (non-hydrogen) atoms. The molecule has 104 valence electrons. The third kappa shape index (κ3) is 3.28. The maximum absolute atomic E-state index is 12.2. The van der Waals surface area contributed by atoms with Gasteiger partial charge in [0, 0.05) is 23.2 Å². The van der Waals surface area contributed by atoms with Crippen molar-refractivity contribution < 1.29 is 4.79 Å². The Hall–Kier alpha value is -1.06. The second-order valence-electron chi connectivity index (χ2n) is 5.05. The molecule has 0 spiro atoms. The molecule has 1 aliphatic heterocycles. The van der Waals surface area contributed by atoms with Crippen molar-refractivity contribution in [2.75, 3.05) is 19.6 Å². The van der Waals surface area contributed by atoms with E-state index in [9.17, 15) is 4.79 Å². The summed E-state index contributed by atoms with van der Waals surface area (Å²) in [5.74, 6) is -0.0250. The van der Waals surface area contributed by atoms with Gasteiger partial charge in [-0.05, 0) is 50.6 Å². The molecule has 4 heteroatoms. The van der Waals surface area contributed by atoms with Gasteiger partial charge in [-0.15, -0.1) is 0 Å². The van der Waals surface area contributed by atoms with E-state index in [1.807, 2.05) is 25.1 Å². The molecule has 3 nitrogen and oxygen atoms in total. The van der Waals surface area contributed by atoms with Gasteiger partial charge < -0.3 is 5.32 Å². The second kappa shape index (κ2) is 6.40. The average Bonchev–Trinajstić information content (AvgIpc) is 2.86. The number of hydrogen-bond acceptors (Lipinski definition) is 2. The number of carbonyl (C=O) groups is 1. The van der Waals surface area contributed by atoms with Crippen LogP contribution in [0.1, 0.15) is 35.7 Å². The van der Waals surface area contributed by atoms with Crippen molar-refractivity contribution in [3.63, 3.8) is 0 Å². The number of hydrogen-bond donors (Lipinski definition) is 1. The van der Waals surface area contributed by atoms with Gasteiger partial charge in [-0.3, -0.25) is 9.69 Å². The molecular weight excluding hydrogens is 260 g/mol. The Kier molecular flexibility index (Phi) is 4.83. The van der Waals surface area contributed by atoms with Crippen LogP contribution in [0.5, 0.6) is 0 Å². The van der Waals surface area contributed by atoms with Gasteiger partial charge in [0.2, 0.25) is 0 Å². The Morgan fingerprint density at radius 2 is 2.32 bits per heavy atom. The third-order valence-corrected chi connectivity index (χ3v) is 4.33. The Bertz CT molecular complexity index is 461. The lowest BCUT2D eigenvalue weighted by atomic mass is 10.1. The van der Waals surface area contributed by atoms with Crippen molar-refractivity contribution in [1.82, 2.24) is 10.2 Å². The molecular formula is C15H21ClN2O. The van der Waals surface area contributed by atoms with Crippen LogP contribution >= 0.6 is 11.6 Å². The van der Waals surface area contributed by atoms with Crippen LogP contribution in [0.2, 0.25) is 5.02 Å². The molecule has 0 aromatic heterocycles. The van der Waals surface area contributed by atoms with E-state index < -0.39 is 0 Å². The molecule has 1 atom stereocenters. The topological polar surface area (TPSA) is 32.3 Å². The SMILES string of the molecule is CCN1CCCC1CNC(=O)c1cccc(Cl)c1C. The fraction of sp³-hybridized carbons (Fsp3) is 0.533. The number of nitrogens with zero attached hydrogens (tertiary/aromatic N) is 1. The highest BCUT2D eigenvalue weighted by molar-refractivity contribution is 6.31. The van der Waals surface area contributed by atoms with E-state index in [0.29, 0.717) is 16.6 Å². The fourth-order valence-corrected chi connectivity index (χ4v) is 2.88. The standard InChI is InChI=1S/C15H21ClN2O/c1-3-18-9-5-6-12(18)10-17-15(19)13-7-4-8-14(16)11(13)2/h4,7-8,12H,3,5-6,9-10H2,1-2H3,(H,17,19). The van der Waals surface area contributed by atoms with Gasteiger partial charge in [-0.25, -0.2) is 0 Å². The van der Waals surface area contributed by atoms with Crippen LogP contribution in [-0.4, -0.2) is 36.5 Å². The lowest BCUT2D eigenvalue weighted by Crippen LogP contribution is -2.40. The predicted molar refractivity (Wildman–Crippen MR) is 78.8 cm³/mol. The van der Waals surface area contributed by atoms with Crippen LogP contribution < -0.4 is 5.32 Å². The molecule has 1 aliphatic rings. The van der Waals surface area contributed by atoms with Gasteiger partial charge in [-0.1, -0.05) is 24.6 Å². The Balaban J connectivity index is 1.96. The number of halogens is 1. The van der Waals surface area contributed by atoms with Crippen LogP contribution in [0.25, 0.3) is 0 Å². The Morgan fingerprint density at radius 3 is 3.05 bits per heavy atom. The van der Waals surface area contributed by atoms with Crippen LogP contribution in [-0.2, 0) is 0 Å². The van der Waals surface area contributed by atoms with Gasteiger partial charge in [0.1, 0.15) is 0 Å². The summed E-state index contributed by atoms with van der Waals surface area (Å²) in [6.07, 6.45) is 2.40. The first-order valence-corrected chi connectivity index (χ1v) is 7.28. The summed E-state index contributed by atoms with van der Waals surface area (Å²) >= 11 is 6.04. The molecule has 1 aromatic carbocycles. The highest BCUT2D eigenvalue weighted by Crippen LogP contribution is 2.19. The molecule has 0 saturated carbocycles. The average molecular weight is 281 g/mol. The van der Waals surface area contributed by atoms with Crippen molar-refractivity contribution in [2.24, 2.45) is 0 Å². The number of benzene rings is 1. The Morgan fingerprint density at radius 1 is 1.53 bits per heavy atom. The monoisotopic (exact) mass is 280 g/mol. The highest BCUT2D eigenvalue weighted by Gasteiger charge is 2.23. The largest absolute Gasteiger partial charge is 0.350 e. The van der Waals surface area contributed by atoms with Crippen LogP contribution in [0, 0.1) is 6.92 Å². The molecule has 2 rings (SSSR count). The van der Waals surface area contributed by atoms with Crippen molar-refractivity contribution in [1.29, 1.82) is 0 Å². The van der Waals surface area contributed by atoms with E-state index >= 15 is 0 Å². The number of rotatable bonds is 4. The van der Waals surface area contributed by atoms with Crippen molar-refractivity contribution in [3.8, 4) is 0 Å². The lowest BCUT2D eigenvalue weighted by Gasteiger charge is -2.23. The zero-order chi connectivity index (χ0) is 13.8. The van der Waals surface area contributed by atoms with Gasteiger partial charge in [0.25, 0.3) is 5.91 Å². The first-order chi connectivity index (χ1) is 9.13. The molecule has 1 unspecified atom stereocenters. The van der Waals surface area contributed by atoms with E-state index in [-0.39, 0.29) is 5.91 Å². The van der Waals surface area contributed by atoms with E-state index in [1.165, 1.54) is 12.8 Å². The lowest BCUT2D eigenvalue weighted by molar-refractivity contribution is 0.0941. The zero-order valence-corrected chi connectivity index (χ0v) is 12.3. The van der Waals surface area contributed by atoms with E-state index in [2.05, 4.69) is 17.1 Å². The maximum atomic E-state index is 12.2. The highest BCUT2D eigenvalue weighted by atomic mass is 35.5. The molecule has 0 aliphatic carbocycles.